The number of rotatable bonds is 9. The summed E-state index contributed by atoms with van der Waals surface area (Å²) in [5.74, 6) is 1.33. The fourth-order valence-electron chi connectivity index (χ4n) is 5.41. The molecular formula is C30H31N9O2. The Morgan fingerprint density at radius 3 is 2.34 bits per heavy atom. The molecule has 0 amide bonds. The second kappa shape index (κ2) is 11.7. The zero-order valence-electron chi connectivity index (χ0n) is 22.8. The Labute approximate surface area is 237 Å². The van der Waals surface area contributed by atoms with Gasteiger partial charge in [0.25, 0.3) is 0 Å². The number of anilines is 1. The van der Waals surface area contributed by atoms with Crippen LogP contribution in [0.2, 0.25) is 0 Å². The number of nitrogens with one attached hydrogen (secondary N) is 1. The van der Waals surface area contributed by atoms with Gasteiger partial charge in [0.15, 0.2) is 5.69 Å². The van der Waals surface area contributed by atoms with E-state index in [1.807, 2.05) is 84.4 Å². The van der Waals surface area contributed by atoms with Gasteiger partial charge in [-0.2, -0.15) is 5.21 Å². The van der Waals surface area contributed by atoms with E-state index in [-0.39, 0.29) is 5.69 Å². The smallest absolute Gasteiger partial charge is 0.354 e. The van der Waals surface area contributed by atoms with Gasteiger partial charge in [-0.25, -0.2) is 14.8 Å². The van der Waals surface area contributed by atoms with E-state index in [2.05, 4.69) is 35.4 Å². The van der Waals surface area contributed by atoms with Crippen molar-refractivity contribution in [3.05, 3.63) is 95.7 Å². The summed E-state index contributed by atoms with van der Waals surface area (Å²) >= 11 is 0. The van der Waals surface area contributed by atoms with Gasteiger partial charge in [-0.15, -0.1) is 10.2 Å². The zero-order valence-corrected chi connectivity index (χ0v) is 22.8. The van der Waals surface area contributed by atoms with Gasteiger partial charge in [0.2, 0.25) is 5.82 Å². The number of tetrazole rings is 1. The molecule has 3 aromatic heterocycles. The van der Waals surface area contributed by atoms with Crippen molar-refractivity contribution in [3.8, 4) is 22.5 Å². The maximum atomic E-state index is 12.5. The predicted molar refractivity (Wildman–Crippen MR) is 154 cm³/mol. The second-order valence-electron chi connectivity index (χ2n) is 10.00. The number of aromatic nitrogens is 7. The lowest BCUT2D eigenvalue weighted by atomic mass is 9.98. The highest BCUT2D eigenvalue weighted by Gasteiger charge is 2.26. The first-order valence-electron chi connectivity index (χ1n) is 13.7. The van der Waals surface area contributed by atoms with Crippen molar-refractivity contribution in [2.75, 3.05) is 31.1 Å². The summed E-state index contributed by atoms with van der Waals surface area (Å²) in [5.41, 5.74) is 4.77. The highest BCUT2D eigenvalue weighted by Crippen LogP contribution is 2.30. The average Bonchev–Trinajstić information content (AvgIpc) is 3.67. The summed E-state index contributed by atoms with van der Waals surface area (Å²) in [6, 6.07) is 22.0. The van der Waals surface area contributed by atoms with Crippen LogP contribution in [0.3, 0.4) is 0 Å². The predicted octanol–water partition coefficient (Wildman–Crippen LogP) is 3.76. The average molecular weight is 550 g/mol. The number of piperazine rings is 1. The maximum Gasteiger partial charge on any atom is 0.354 e. The normalized spacial score (nSPS) is 13.9. The minimum Gasteiger partial charge on any atom is -0.477 e. The van der Waals surface area contributed by atoms with E-state index in [1.54, 1.807) is 0 Å². The third-order valence-corrected chi connectivity index (χ3v) is 7.48. The molecule has 1 aliphatic rings. The van der Waals surface area contributed by atoms with Crippen LogP contribution in [0.25, 0.3) is 22.5 Å². The van der Waals surface area contributed by atoms with Crippen LogP contribution in [-0.4, -0.2) is 77.3 Å². The number of aryl methyl sites for hydroxylation is 1. The molecule has 41 heavy (non-hydrogen) atoms. The molecule has 0 unspecified atom stereocenters. The molecular weight excluding hydrogens is 518 g/mol. The lowest BCUT2D eigenvalue weighted by Crippen LogP contribution is -2.46. The molecule has 2 aromatic carbocycles. The summed E-state index contributed by atoms with van der Waals surface area (Å²) in [6.07, 6.45) is 2.45. The fraction of sp³-hybridized carbons (Fsp3) is 0.267. The Bertz CT molecular complexity index is 1610. The summed E-state index contributed by atoms with van der Waals surface area (Å²) in [5, 5.41) is 24.7. The van der Waals surface area contributed by atoms with Crippen molar-refractivity contribution in [1.82, 2.24) is 40.1 Å². The molecule has 1 aliphatic heterocycles. The van der Waals surface area contributed by atoms with Gasteiger partial charge in [0.1, 0.15) is 11.6 Å². The maximum absolute atomic E-state index is 12.5. The van der Waals surface area contributed by atoms with Crippen LogP contribution in [0.1, 0.15) is 34.5 Å². The standard InChI is InChI=1S/C30H31N9O2/c1-2-26-32-25(20-37-15-17-38(18-16-37)27-9-5-6-14-31-27)28(30(40)41)39(26)19-21-10-12-22(13-11-21)23-7-3-4-8-24(23)29-33-35-36-34-29/h3-14H,2,15-20H2,1H3,(H,40,41)(H,33,34,35,36). The van der Waals surface area contributed by atoms with Crippen LogP contribution >= 0.6 is 0 Å². The van der Waals surface area contributed by atoms with Crippen LogP contribution in [0.5, 0.6) is 0 Å². The first-order chi connectivity index (χ1) is 20.1. The molecule has 2 N–H and O–H groups in total. The number of aromatic amines is 1. The van der Waals surface area contributed by atoms with Crippen molar-refractivity contribution in [1.29, 1.82) is 0 Å². The van der Waals surface area contributed by atoms with Crippen molar-refractivity contribution in [3.63, 3.8) is 0 Å². The summed E-state index contributed by atoms with van der Waals surface area (Å²) in [6.45, 7) is 6.25. The topological polar surface area (TPSA) is 129 Å². The molecule has 0 radical (unpaired) electrons. The van der Waals surface area contributed by atoms with Gasteiger partial charge >= 0.3 is 5.97 Å². The van der Waals surface area contributed by atoms with Crippen LogP contribution in [0, 0.1) is 0 Å². The molecule has 208 valence electrons. The summed E-state index contributed by atoms with van der Waals surface area (Å²) in [7, 11) is 0. The van der Waals surface area contributed by atoms with E-state index in [4.69, 9.17) is 4.98 Å². The monoisotopic (exact) mass is 549 g/mol. The fourth-order valence-corrected chi connectivity index (χ4v) is 5.41. The number of imidazole rings is 1. The van der Waals surface area contributed by atoms with Gasteiger partial charge in [0, 0.05) is 57.4 Å². The van der Waals surface area contributed by atoms with E-state index in [0.29, 0.717) is 31.0 Å². The Morgan fingerprint density at radius 1 is 0.927 bits per heavy atom. The van der Waals surface area contributed by atoms with Crippen LogP contribution < -0.4 is 4.90 Å². The number of hydrogen-bond donors (Lipinski definition) is 2. The Hall–Kier alpha value is -4.90. The second-order valence-corrected chi connectivity index (χ2v) is 10.00. The molecule has 0 saturated carbocycles. The van der Waals surface area contributed by atoms with E-state index in [0.717, 1.165) is 60.1 Å². The molecule has 5 aromatic rings. The lowest BCUT2D eigenvalue weighted by molar-refractivity contribution is 0.0682. The molecule has 1 saturated heterocycles. The molecule has 0 bridgehead atoms. The first kappa shape index (κ1) is 26.3. The number of benzene rings is 2. The molecule has 4 heterocycles. The molecule has 6 rings (SSSR count). The number of carbonyl (C=O) groups is 1. The highest BCUT2D eigenvalue weighted by molar-refractivity contribution is 5.87. The third kappa shape index (κ3) is 5.57. The number of hydrogen-bond acceptors (Lipinski definition) is 8. The van der Waals surface area contributed by atoms with Crippen molar-refractivity contribution < 1.29 is 9.90 Å². The Balaban J connectivity index is 1.20. The Morgan fingerprint density at radius 2 is 1.68 bits per heavy atom. The lowest BCUT2D eigenvalue weighted by Gasteiger charge is -2.35. The van der Waals surface area contributed by atoms with Gasteiger partial charge < -0.3 is 14.6 Å². The van der Waals surface area contributed by atoms with E-state index < -0.39 is 5.97 Å². The van der Waals surface area contributed by atoms with Crippen LogP contribution in [-0.2, 0) is 19.5 Å². The molecule has 0 spiro atoms. The van der Waals surface area contributed by atoms with Gasteiger partial charge in [-0.05, 0) is 34.0 Å². The van der Waals surface area contributed by atoms with E-state index in [1.165, 1.54) is 0 Å². The quantitative estimate of drug-likeness (QED) is 0.282. The number of carboxylic acids is 1. The van der Waals surface area contributed by atoms with Gasteiger partial charge in [-0.1, -0.05) is 61.5 Å². The first-order valence-corrected chi connectivity index (χ1v) is 13.7. The molecule has 11 nitrogen and oxygen atoms in total. The molecule has 11 heteroatoms. The molecule has 0 atom stereocenters. The summed E-state index contributed by atoms with van der Waals surface area (Å²) in [4.78, 5) is 26.3. The van der Waals surface area contributed by atoms with E-state index >= 15 is 0 Å². The number of pyridine rings is 1. The highest BCUT2D eigenvalue weighted by atomic mass is 16.4. The third-order valence-electron chi connectivity index (χ3n) is 7.48. The van der Waals surface area contributed by atoms with E-state index in [9.17, 15) is 9.90 Å². The van der Waals surface area contributed by atoms with Crippen LogP contribution in [0.4, 0.5) is 5.82 Å². The van der Waals surface area contributed by atoms with Crippen molar-refractivity contribution >= 4 is 11.8 Å². The number of aromatic carboxylic acids is 1. The number of H-pyrrole nitrogens is 1. The van der Waals surface area contributed by atoms with Crippen molar-refractivity contribution in [2.45, 2.75) is 26.4 Å². The molecule has 0 aliphatic carbocycles. The number of carboxylic acid groups (broad SMARTS) is 1. The SMILES string of the molecule is CCc1nc(CN2CCN(c3ccccn3)CC2)c(C(=O)O)n1Cc1ccc(-c2ccccc2-c2nn[nH]n2)cc1. The minimum atomic E-state index is -0.954. The minimum absolute atomic E-state index is 0.264. The summed E-state index contributed by atoms with van der Waals surface area (Å²) < 4.78 is 1.85. The number of nitrogens with zero attached hydrogens (tertiary/aromatic N) is 8. The zero-order chi connectivity index (χ0) is 28.2. The largest absolute Gasteiger partial charge is 0.477 e. The van der Waals surface area contributed by atoms with Crippen LogP contribution in [0.15, 0.2) is 72.9 Å². The Kier molecular flexibility index (Phi) is 7.50. The van der Waals surface area contributed by atoms with Gasteiger partial charge in [-0.3, -0.25) is 4.90 Å². The van der Waals surface area contributed by atoms with Gasteiger partial charge in [0.05, 0.1) is 5.69 Å². The van der Waals surface area contributed by atoms with Crippen molar-refractivity contribution in [2.24, 2.45) is 0 Å². The molecule has 1 fully saturated rings.